The third-order valence-corrected chi connectivity index (χ3v) is 3.60. The van der Waals surface area contributed by atoms with Crippen LogP contribution in [0.25, 0.3) is 16.9 Å². The summed E-state index contributed by atoms with van der Waals surface area (Å²) in [5.41, 5.74) is 10.5. The molecule has 4 nitrogen and oxygen atoms in total. The molecule has 3 aromatic rings. The normalized spacial score (nSPS) is 10.8. The lowest BCUT2D eigenvalue weighted by atomic mass is 10.1. The highest BCUT2D eigenvalue weighted by molar-refractivity contribution is 6.30. The fourth-order valence-corrected chi connectivity index (χ4v) is 2.59. The lowest BCUT2D eigenvalue weighted by Crippen LogP contribution is -2.04. The van der Waals surface area contributed by atoms with E-state index in [1.54, 1.807) is 0 Å². The summed E-state index contributed by atoms with van der Waals surface area (Å²) >= 11 is 6.03. The SMILES string of the molecule is Cc1cc(Cl)ccc1-n1nnc(CN)c1-c1ccccc1. The fourth-order valence-electron chi connectivity index (χ4n) is 2.36. The molecule has 0 fully saturated rings. The largest absolute Gasteiger partial charge is 0.325 e. The number of nitrogens with zero attached hydrogens (tertiary/aromatic N) is 3. The van der Waals surface area contributed by atoms with Crippen molar-refractivity contribution in [3.63, 3.8) is 0 Å². The standard InChI is InChI=1S/C16H15ClN4/c1-11-9-13(17)7-8-15(11)21-16(14(10-18)19-20-21)12-5-3-2-4-6-12/h2-9H,10,18H2,1H3. The Hall–Kier alpha value is -2.17. The molecule has 0 spiro atoms. The quantitative estimate of drug-likeness (QED) is 0.806. The van der Waals surface area contributed by atoms with Crippen LogP contribution in [0.15, 0.2) is 48.5 Å². The Morgan fingerprint density at radius 1 is 1.14 bits per heavy atom. The van der Waals surface area contributed by atoms with Crippen molar-refractivity contribution >= 4 is 11.6 Å². The Morgan fingerprint density at radius 3 is 2.57 bits per heavy atom. The van der Waals surface area contributed by atoms with Crippen molar-refractivity contribution in [2.24, 2.45) is 5.73 Å². The minimum atomic E-state index is 0.344. The van der Waals surface area contributed by atoms with E-state index >= 15 is 0 Å². The van der Waals surface area contributed by atoms with Crippen molar-refractivity contribution < 1.29 is 0 Å². The molecule has 5 heteroatoms. The average molecular weight is 299 g/mol. The summed E-state index contributed by atoms with van der Waals surface area (Å²) in [4.78, 5) is 0. The zero-order valence-electron chi connectivity index (χ0n) is 11.6. The van der Waals surface area contributed by atoms with Crippen molar-refractivity contribution in [1.29, 1.82) is 0 Å². The van der Waals surface area contributed by atoms with E-state index in [1.807, 2.05) is 60.1 Å². The maximum Gasteiger partial charge on any atom is 0.105 e. The van der Waals surface area contributed by atoms with Crippen molar-refractivity contribution in [1.82, 2.24) is 15.0 Å². The van der Waals surface area contributed by atoms with E-state index in [0.29, 0.717) is 11.6 Å². The van der Waals surface area contributed by atoms with Gasteiger partial charge in [-0.25, -0.2) is 4.68 Å². The van der Waals surface area contributed by atoms with E-state index < -0.39 is 0 Å². The topological polar surface area (TPSA) is 56.7 Å². The van der Waals surface area contributed by atoms with Gasteiger partial charge in [-0.05, 0) is 30.7 Å². The van der Waals surface area contributed by atoms with E-state index in [1.165, 1.54) is 0 Å². The monoisotopic (exact) mass is 298 g/mol. The van der Waals surface area contributed by atoms with Crippen LogP contribution in [-0.4, -0.2) is 15.0 Å². The second-order valence-corrected chi connectivity index (χ2v) is 5.23. The number of aromatic nitrogens is 3. The Labute approximate surface area is 128 Å². The van der Waals surface area contributed by atoms with Gasteiger partial charge in [-0.2, -0.15) is 0 Å². The lowest BCUT2D eigenvalue weighted by molar-refractivity contribution is 0.796. The third kappa shape index (κ3) is 2.55. The van der Waals surface area contributed by atoms with Gasteiger partial charge in [0, 0.05) is 17.1 Å². The first-order valence-electron chi connectivity index (χ1n) is 6.67. The molecule has 0 unspecified atom stereocenters. The number of nitrogens with two attached hydrogens (primary N) is 1. The molecule has 2 N–H and O–H groups in total. The maximum absolute atomic E-state index is 6.03. The van der Waals surface area contributed by atoms with Gasteiger partial charge in [0.1, 0.15) is 5.69 Å². The van der Waals surface area contributed by atoms with Gasteiger partial charge in [-0.15, -0.1) is 5.10 Å². The smallest absolute Gasteiger partial charge is 0.105 e. The summed E-state index contributed by atoms with van der Waals surface area (Å²) in [6.07, 6.45) is 0. The van der Waals surface area contributed by atoms with Crippen LogP contribution in [0.3, 0.4) is 0 Å². The van der Waals surface area contributed by atoms with E-state index in [4.69, 9.17) is 17.3 Å². The van der Waals surface area contributed by atoms with Crippen LogP contribution in [0.5, 0.6) is 0 Å². The Kier molecular flexibility index (Phi) is 3.73. The Balaban J connectivity index is 2.22. The molecular weight excluding hydrogens is 284 g/mol. The van der Waals surface area contributed by atoms with Crippen LogP contribution < -0.4 is 5.73 Å². The van der Waals surface area contributed by atoms with Gasteiger partial charge in [-0.1, -0.05) is 47.1 Å². The van der Waals surface area contributed by atoms with Crippen molar-refractivity contribution in [2.75, 3.05) is 0 Å². The zero-order valence-corrected chi connectivity index (χ0v) is 12.4. The Morgan fingerprint density at radius 2 is 1.90 bits per heavy atom. The highest BCUT2D eigenvalue weighted by Gasteiger charge is 2.16. The summed E-state index contributed by atoms with van der Waals surface area (Å²) in [6, 6.07) is 15.7. The Bertz CT molecular complexity index is 765. The average Bonchev–Trinajstić information content (AvgIpc) is 2.92. The molecule has 1 heterocycles. The number of aryl methyl sites for hydroxylation is 1. The van der Waals surface area contributed by atoms with Crippen LogP contribution in [0.4, 0.5) is 0 Å². The van der Waals surface area contributed by atoms with Crippen LogP contribution in [0, 0.1) is 6.92 Å². The molecular formula is C16H15ClN4. The van der Waals surface area contributed by atoms with Gasteiger partial charge in [0.25, 0.3) is 0 Å². The van der Waals surface area contributed by atoms with Gasteiger partial charge < -0.3 is 5.73 Å². The van der Waals surface area contributed by atoms with E-state index in [2.05, 4.69) is 10.3 Å². The molecule has 0 amide bonds. The molecule has 2 aromatic carbocycles. The predicted molar refractivity (Wildman–Crippen MR) is 84.4 cm³/mol. The molecule has 0 saturated carbocycles. The van der Waals surface area contributed by atoms with E-state index in [-0.39, 0.29) is 0 Å². The summed E-state index contributed by atoms with van der Waals surface area (Å²) in [5, 5.41) is 9.18. The highest BCUT2D eigenvalue weighted by atomic mass is 35.5. The zero-order chi connectivity index (χ0) is 14.8. The summed E-state index contributed by atoms with van der Waals surface area (Å²) in [6.45, 7) is 2.34. The van der Waals surface area contributed by atoms with Crippen molar-refractivity contribution in [3.05, 3.63) is 64.8 Å². The summed E-state index contributed by atoms with van der Waals surface area (Å²) in [5.74, 6) is 0. The van der Waals surface area contributed by atoms with E-state index in [9.17, 15) is 0 Å². The van der Waals surface area contributed by atoms with Crippen molar-refractivity contribution in [3.8, 4) is 16.9 Å². The number of benzene rings is 2. The molecule has 0 atom stereocenters. The number of hydrogen-bond donors (Lipinski definition) is 1. The van der Waals surface area contributed by atoms with Crippen molar-refractivity contribution in [2.45, 2.75) is 13.5 Å². The number of rotatable bonds is 3. The van der Waals surface area contributed by atoms with Gasteiger partial charge in [-0.3, -0.25) is 0 Å². The highest BCUT2D eigenvalue weighted by Crippen LogP contribution is 2.27. The van der Waals surface area contributed by atoms with Gasteiger partial charge in [0.15, 0.2) is 0 Å². The molecule has 0 radical (unpaired) electrons. The van der Waals surface area contributed by atoms with Crippen LogP contribution in [0.1, 0.15) is 11.3 Å². The molecule has 0 aliphatic heterocycles. The first-order valence-corrected chi connectivity index (χ1v) is 7.05. The molecule has 0 aliphatic rings. The molecule has 0 saturated heterocycles. The maximum atomic E-state index is 6.03. The first-order chi connectivity index (χ1) is 10.2. The van der Waals surface area contributed by atoms with Gasteiger partial charge in [0.05, 0.1) is 11.4 Å². The second-order valence-electron chi connectivity index (χ2n) is 4.80. The fraction of sp³-hybridized carbons (Fsp3) is 0.125. The summed E-state index contributed by atoms with van der Waals surface area (Å²) < 4.78 is 1.82. The first kappa shape index (κ1) is 13.8. The number of halogens is 1. The summed E-state index contributed by atoms with van der Waals surface area (Å²) in [7, 11) is 0. The molecule has 0 bridgehead atoms. The molecule has 21 heavy (non-hydrogen) atoms. The predicted octanol–water partition coefficient (Wildman–Crippen LogP) is 3.35. The minimum Gasteiger partial charge on any atom is -0.325 e. The van der Waals surface area contributed by atoms with Gasteiger partial charge >= 0.3 is 0 Å². The molecule has 0 aliphatic carbocycles. The van der Waals surface area contributed by atoms with Crippen LogP contribution >= 0.6 is 11.6 Å². The minimum absolute atomic E-state index is 0.344. The van der Waals surface area contributed by atoms with E-state index in [0.717, 1.165) is 28.2 Å². The molecule has 3 rings (SSSR count). The number of hydrogen-bond acceptors (Lipinski definition) is 3. The second kappa shape index (κ2) is 5.68. The lowest BCUT2D eigenvalue weighted by Gasteiger charge is -2.10. The molecule has 1 aromatic heterocycles. The molecule has 106 valence electrons. The third-order valence-electron chi connectivity index (χ3n) is 3.37. The van der Waals surface area contributed by atoms with Crippen LogP contribution in [-0.2, 0) is 6.54 Å². The van der Waals surface area contributed by atoms with Crippen LogP contribution in [0.2, 0.25) is 5.02 Å². The van der Waals surface area contributed by atoms with Gasteiger partial charge in [0.2, 0.25) is 0 Å².